The van der Waals surface area contributed by atoms with Crippen LogP contribution in [0.1, 0.15) is 65.2 Å². The Balaban J connectivity index is 1.81. The van der Waals surface area contributed by atoms with E-state index in [1.165, 1.54) is 32.1 Å². The summed E-state index contributed by atoms with van der Waals surface area (Å²) in [6, 6.07) is 0. The molecule has 1 heteroatoms. The highest BCUT2D eigenvalue weighted by atomic mass is 14.6. The van der Waals surface area contributed by atoms with E-state index in [2.05, 4.69) is 13.8 Å². The fourth-order valence-corrected chi connectivity index (χ4v) is 5.75. The highest BCUT2D eigenvalue weighted by Crippen LogP contribution is 2.66. The predicted molar refractivity (Wildman–Crippen MR) is 72.7 cm³/mol. The predicted octanol–water partition coefficient (Wildman–Crippen LogP) is 3.97. The molecule has 2 N–H and O–H groups in total. The Labute approximate surface area is 107 Å². The SMILES string of the molecule is CC(C)(CCCN)C12CC3CC(CC(C3)C1)C2. The lowest BCUT2D eigenvalue weighted by Gasteiger charge is -2.62. The summed E-state index contributed by atoms with van der Waals surface area (Å²) in [7, 11) is 0. The first kappa shape index (κ1) is 12.0. The molecule has 98 valence electrons. The summed E-state index contributed by atoms with van der Waals surface area (Å²) in [4.78, 5) is 0. The van der Waals surface area contributed by atoms with Crippen molar-refractivity contribution in [3.05, 3.63) is 0 Å². The molecular weight excluding hydrogens is 206 g/mol. The zero-order valence-corrected chi connectivity index (χ0v) is 11.7. The Kier molecular flexibility index (Phi) is 2.81. The molecule has 0 aromatic carbocycles. The molecule has 0 unspecified atom stereocenters. The summed E-state index contributed by atoms with van der Waals surface area (Å²) in [5.74, 6) is 3.25. The first-order valence-corrected chi connectivity index (χ1v) is 7.75. The standard InChI is InChI=1S/C16H29N/c1-15(2,4-3-5-17)16-9-12-6-13(10-16)8-14(7-12)11-16/h12-14H,3-11,17H2,1-2H3. The van der Waals surface area contributed by atoms with Crippen molar-refractivity contribution in [3.8, 4) is 0 Å². The molecule has 0 saturated heterocycles. The molecule has 4 fully saturated rings. The van der Waals surface area contributed by atoms with E-state index in [0.29, 0.717) is 10.8 Å². The second kappa shape index (κ2) is 3.98. The molecular formula is C16H29N. The second-order valence-corrected chi connectivity index (χ2v) is 7.97. The van der Waals surface area contributed by atoms with Crippen LogP contribution in [0.25, 0.3) is 0 Å². The summed E-state index contributed by atoms with van der Waals surface area (Å²) in [5.41, 5.74) is 6.95. The molecule has 0 amide bonds. The number of nitrogens with two attached hydrogens (primary N) is 1. The monoisotopic (exact) mass is 235 g/mol. The highest BCUT2D eigenvalue weighted by Gasteiger charge is 2.56. The molecule has 0 atom stereocenters. The van der Waals surface area contributed by atoms with Crippen LogP contribution in [0.15, 0.2) is 0 Å². The number of hydrogen-bond donors (Lipinski definition) is 1. The van der Waals surface area contributed by atoms with Crippen LogP contribution in [-0.2, 0) is 0 Å². The molecule has 0 radical (unpaired) electrons. The Morgan fingerprint density at radius 3 is 1.88 bits per heavy atom. The molecule has 4 rings (SSSR count). The van der Waals surface area contributed by atoms with Crippen LogP contribution in [0, 0.1) is 28.6 Å². The van der Waals surface area contributed by atoms with E-state index < -0.39 is 0 Å². The van der Waals surface area contributed by atoms with Gasteiger partial charge in [-0.05, 0) is 86.5 Å². The summed E-state index contributed by atoms with van der Waals surface area (Å²) >= 11 is 0. The van der Waals surface area contributed by atoms with Gasteiger partial charge >= 0.3 is 0 Å². The van der Waals surface area contributed by atoms with Crippen molar-refractivity contribution >= 4 is 0 Å². The van der Waals surface area contributed by atoms with Crippen molar-refractivity contribution in [2.24, 2.45) is 34.3 Å². The summed E-state index contributed by atoms with van der Waals surface area (Å²) in [5, 5.41) is 0. The Hall–Kier alpha value is -0.0400. The van der Waals surface area contributed by atoms with Crippen LogP contribution in [0.2, 0.25) is 0 Å². The average Bonchev–Trinajstić information content (AvgIpc) is 2.24. The van der Waals surface area contributed by atoms with Crippen molar-refractivity contribution in [1.29, 1.82) is 0 Å². The van der Waals surface area contributed by atoms with Gasteiger partial charge in [0.1, 0.15) is 0 Å². The molecule has 4 saturated carbocycles. The lowest BCUT2D eigenvalue weighted by atomic mass is 9.43. The van der Waals surface area contributed by atoms with E-state index in [4.69, 9.17) is 5.73 Å². The minimum Gasteiger partial charge on any atom is -0.330 e. The van der Waals surface area contributed by atoms with Crippen LogP contribution in [0.5, 0.6) is 0 Å². The van der Waals surface area contributed by atoms with E-state index in [0.717, 1.165) is 24.3 Å². The fourth-order valence-electron chi connectivity index (χ4n) is 5.75. The first-order valence-electron chi connectivity index (χ1n) is 7.75. The third-order valence-electron chi connectivity index (χ3n) is 6.48. The van der Waals surface area contributed by atoms with Crippen molar-refractivity contribution in [2.75, 3.05) is 6.54 Å². The van der Waals surface area contributed by atoms with Crippen LogP contribution in [-0.4, -0.2) is 6.54 Å². The molecule has 0 aliphatic heterocycles. The van der Waals surface area contributed by atoms with Crippen LogP contribution >= 0.6 is 0 Å². The molecule has 1 nitrogen and oxygen atoms in total. The lowest BCUT2D eigenvalue weighted by molar-refractivity contribution is -0.122. The van der Waals surface area contributed by atoms with Gasteiger partial charge in [-0.2, -0.15) is 0 Å². The average molecular weight is 235 g/mol. The van der Waals surface area contributed by atoms with Crippen LogP contribution in [0.3, 0.4) is 0 Å². The van der Waals surface area contributed by atoms with Crippen molar-refractivity contribution in [3.63, 3.8) is 0 Å². The molecule has 4 aliphatic carbocycles. The Morgan fingerprint density at radius 1 is 1.00 bits per heavy atom. The fraction of sp³-hybridized carbons (Fsp3) is 1.00. The summed E-state index contributed by atoms with van der Waals surface area (Å²) in [6.45, 7) is 5.95. The first-order chi connectivity index (χ1) is 8.05. The third-order valence-corrected chi connectivity index (χ3v) is 6.48. The van der Waals surface area contributed by atoms with E-state index in [-0.39, 0.29) is 0 Å². The topological polar surface area (TPSA) is 26.0 Å². The van der Waals surface area contributed by atoms with E-state index in [1.54, 1.807) is 19.3 Å². The zero-order valence-electron chi connectivity index (χ0n) is 11.7. The van der Waals surface area contributed by atoms with Gasteiger partial charge in [-0.1, -0.05) is 13.8 Å². The lowest BCUT2D eigenvalue weighted by Crippen LogP contribution is -2.52. The van der Waals surface area contributed by atoms with Gasteiger partial charge in [-0.25, -0.2) is 0 Å². The van der Waals surface area contributed by atoms with E-state index in [1.807, 2.05) is 0 Å². The normalized spacial score (nSPS) is 44.3. The Bertz CT molecular complexity index is 257. The molecule has 0 spiro atoms. The summed E-state index contributed by atoms with van der Waals surface area (Å²) < 4.78 is 0. The van der Waals surface area contributed by atoms with Crippen molar-refractivity contribution in [1.82, 2.24) is 0 Å². The van der Waals surface area contributed by atoms with Gasteiger partial charge in [0.25, 0.3) is 0 Å². The number of hydrogen-bond acceptors (Lipinski definition) is 1. The molecule has 17 heavy (non-hydrogen) atoms. The van der Waals surface area contributed by atoms with Crippen LogP contribution in [0.4, 0.5) is 0 Å². The van der Waals surface area contributed by atoms with Gasteiger partial charge in [0.05, 0.1) is 0 Å². The van der Waals surface area contributed by atoms with Gasteiger partial charge in [-0.3, -0.25) is 0 Å². The molecule has 0 aromatic heterocycles. The minimum absolute atomic E-state index is 0.530. The van der Waals surface area contributed by atoms with Crippen molar-refractivity contribution < 1.29 is 0 Å². The highest BCUT2D eigenvalue weighted by molar-refractivity contribution is 5.06. The largest absolute Gasteiger partial charge is 0.330 e. The van der Waals surface area contributed by atoms with Gasteiger partial charge < -0.3 is 5.73 Å². The van der Waals surface area contributed by atoms with Gasteiger partial charge in [0.15, 0.2) is 0 Å². The van der Waals surface area contributed by atoms with E-state index in [9.17, 15) is 0 Å². The molecule has 0 heterocycles. The van der Waals surface area contributed by atoms with Gasteiger partial charge in [0, 0.05) is 0 Å². The molecule has 4 bridgehead atoms. The van der Waals surface area contributed by atoms with Crippen molar-refractivity contribution in [2.45, 2.75) is 65.2 Å². The minimum atomic E-state index is 0.530. The maximum absolute atomic E-state index is 5.73. The van der Waals surface area contributed by atoms with Gasteiger partial charge in [0.2, 0.25) is 0 Å². The third kappa shape index (κ3) is 1.85. The second-order valence-electron chi connectivity index (χ2n) is 7.97. The maximum atomic E-state index is 5.73. The van der Waals surface area contributed by atoms with Gasteiger partial charge in [-0.15, -0.1) is 0 Å². The smallest absolute Gasteiger partial charge is 0.00771 e. The Morgan fingerprint density at radius 2 is 1.47 bits per heavy atom. The quantitative estimate of drug-likeness (QED) is 0.784. The van der Waals surface area contributed by atoms with Crippen LogP contribution < -0.4 is 5.73 Å². The number of rotatable bonds is 4. The van der Waals surface area contributed by atoms with E-state index >= 15 is 0 Å². The molecule has 0 aromatic rings. The maximum Gasteiger partial charge on any atom is -0.00771 e. The summed E-state index contributed by atoms with van der Waals surface area (Å²) in [6.07, 6.45) is 11.9. The molecule has 4 aliphatic rings. The zero-order chi connectivity index (χ0) is 12.1.